The summed E-state index contributed by atoms with van der Waals surface area (Å²) in [5, 5.41) is 2.97. The first-order chi connectivity index (χ1) is 10.3. The fraction of sp³-hybridized carbons (Fsp3) is 0.588. The molecule has 1 amide bonds. The molecule has 1 N–H and O–H groups in total. The van der Waals surface area contributed by atoms with E-state index in [1.807, 2.05) is 18.2 Å². The number of hydrogen-bond donors (Lipinski definition) is 1. The predicted molar refractivity (Wildman–Crippen MR) is 82.9 cm³/mol. The van der Waals surface area contributed by atoms with Gasteiger partial charge in [-0.25, -0.2) is 0 Å². The molecule has 0 radical (unpaired) electrons. The number of carbonyl (C=O) groups excluding carboxylic acids is 1. The quantitative estimate of drug-likeness (QED) is 0.749. The van der Waals surface area contributed by atoms with Crippen LogP contribution in [-0.4, -0.2) is 25.7 Å². The molecule has 0 aromatic heterocycles. The van der Waals surface area contributed by atoms with Gasteiger partial charge in [0.1, 0.15) is 13.2 Å². The van der Waals surface area contributed by atoms with E-state index in [2.05, 4.69) is 12.2 Å². The lowest BCUT2D eigenvalue weighted by atomic mass is 10.1. The Labute approximate surface area is 126 Å². The van der Waals surface area contributed by atoms with Crippen molar-refractivity contribution in [2.45, 2.75) is 45.4 Å². The minimum absolute atomic E-state index is 0.156. The number of ether oxygens (including phenoxy) is 2. The number of benzene rings is 1. The Bertz CT molecular complexity index is 459. The van der Waals surface area contributed by atoms with Crippen molar-refractivity contribution in [1.82, 2.24) is 5.32 Å². The molecular formula is C17H25NO3. The summed E-state index contributed by atoms with van der Waals surface area (Å²) >= 11 is 0. The van der Waals surface area contributed by atoms with Crippen molar-refractivity contribution < 1.29 is 14.3 Å². The van der Waals surface area contributed by atoms with Gasteiger partial charge >= 0.3 is 0 Å². The second-order valence-corrected chi connectivity index (χ2v) is 5.39. The standard InChI is InChI=1S/C17H25NO3/c1-2-3-4-10-18-17(19)7-5-6-14-8-9-15-16(13-14)21-12-11-20-15/h8-9,13H,2-7,10-12H2,1H3,(H,18,19). The molecule has 0 saturated heterocycles. The minimum atomic E-state index is 0.156. The normalized spacial score (nSPS) is 13.0. The molecule has 0 aliphatic carbocycles. The number of carbonyl (C=O) groups is 1. The van der Waals surface area contributed by atoms with Crippen molar-refractivity contribution in [2.24, 2.45) is 0 Å². The van der Waals surface area contributed by atoms with Crippen LogP contribution in [0.5, 0.6) is 11.5 Å². The first kappa shape index (κ1) is 15.7. The molecule has 4 nitrogen and oxygen atoms in total. The second-order valence-electron chi connectivity index (χ2n) is 5.39. The van der Waals surface area contributed by atoms with Crippen LogP contribution < -0.4 is 14.8 Å². The van der Waals surface area contributed by atoms with E-state index in [4.69, 9.17) is 9.47 Å². The topological polar surface area (TPSA) is 47.6 Å². The van der Waals surface area contributed by atoms with Gasteiger partial charge in [0, 0.05) is 13.0 Å². The van der Waals surface area contributed by atoms with Crippen LogP contribution in [0.25, 0.3) is 0 Å². The summed E-state index contributed by atoms with van der Waals surface area (Å²) in [6, 6.07) is 6.02. The third kappa shape index (κ3) is 5.29. The van der Waals surface area contributed by atoms with Gasteiger partial charge in [0.2, 0.25) is 5.91 Å². The van der Waals surface area contributed by atoms with Gasteiger partial charge in [-0.05, 0) is 37.0 Å². The lowest BCUT2D eigenvalue weighted by Crippen LogP contribution is -2.24. The molecule has 0 atom stereocenters. The van der Waals surface area contributed by atoms with Crippen LogP contribution in [0.3, 0.4) is 0 Å². The fourth-order valence-electron chi connectivity index (χ4n) is 2.39. The molecule has 1 aromatic rings. The Morgan fingerprint density at radius 1 is 1.14 bits per heavy atom. The molecule has 0 bridgehead atoms. The highest BCUT2D eigenvalue weighted by Crippen LogP contribution is 2.31. The number of nitrogens with one attached hydrogen (secondary N) is 1. The molecule has 0 spiro atoms. The van der Waals surface area contributed by atoms with Crippen LogP contribution in [0.15, 0.2) is 18.2 Å². The summed E-state index contributed by atoms with van der Waals surface area (Å²) in [4.78, 5) is 11.7. The maximum atomic E-state index is 11.7. The predicted octanol–water partition coefficient (Wildman–Crippen LogP) is 3.09. The summed E-state index contributed by atoms with van der Waals surface area (Å²) in [5.41, 5.74) is 1.19. The summed E-state index contributed by atoms with van der Waals surface area (Å²) in [5.74, 6) is 1.80. The Morgan fingerprint density at radius 3 is 2.76 bits per heavy atom. The zero-order valence-electron chi connectivity index (χ0n) is 12.8. The van der Waals surface area contributed by atoms with E-state index in [1.54, 1.807) is 0 Å². The van der Waals surface area contributed by atoms with Crippen molar-refractivity contribution in [3.8, 4) is 11.5 Å². The van der Waals surface area contributed by atoms with Gasteiger partial charge in [0.05, 0.1) is 0 Å². The molecule has 21 heavy (non-hydrogen) atoms. The number of unbranched alkanes of at least 4 members (excludes halogenated alkanes) is 2. The first-order valence-electron chi connectivity index (χ1n) is 7.95. The van der Waals surface area contributed by atoms with Gasteiger partial charge in [-0.3, -0.25) is 4.79 Å². The smallest absolute Gasteiger partial charge is 0.220 e. The molecule has 1 aliphatic heterocycles. The van der Waals surface area contributed by atoms with Gasteiger partial charge in [0.25, 0.3) is 0 Å². The highest BCUT2D eigenvalue weighted by atomic mass is 16.6. The Morgan fingerprint density at radius 2 is 1.95 bits per heavy atom. The monoisotopic (exact) mass is 291 g/mol. The van der Waals surface area contributed by atoms with Gasteiger partial charge in [0.15, 0.2) is 11.5 Å². The summed E-state index contributed by atoms with van der Waals surface area (Å²) < 4.78 is 11.1. The van der Waals surface area contributed by atoms with Crippen LogP contribution in [0.4, 0.5) is 0 Å². The van der Waals surface area contributed by atoms with E-state index < -0.39 is 0 Å². The Balaban J connectivity index is 1.67. The zero-order chi connectivity index (χ0) is 14.9. The lowest BCUT2D eigenvalue weighted by Gasteiger charge is -2.18. The van der Waals surface area contributed by atoms with Crippen molar-refractivity contribution >= 4 is 5.91 Å². The number of aryl methyl sites for hydroxylation is 1. The van der Waals surface area contributed by atoms with E-state index in [1.165, 1.54) is 18.4 Å². The number of rotatable bonds is 8. The average molecular weight is 291 g/mol. The number of hydrogen-bond acceptors (Lipinski definition) is 3. The van der Waals surface area contributed by atoms with Crippen molar-refractivity contribution in [1.29, 1.82) is 0 Å². The van der Waals surface area contributed by atoms with E-state index in [0.29, 0.717) is 19.6 Å². The fourth-order valence-corrected chi connectivity index (χ4v) is 2.39. The van der Waals surface area contributed by atoms with Crippen LogP contribution >= 0.6 is 0 Å². The van der Waals surface area contributed by atoms with E-state index in [0.717, 1.165) is 37.3 Å². The number of amides is 1. The molecule has 1 aliphatic rings. The highest BCUT2D eigenvalue weighted by Gasteiger charge is 2.11. The number of fused-ring (bicyclic) bond motifs is 1. The van der Waals surface area contributed by atoms with Crippen molar-refractivity contribution in [3.63, 3.8) is 0 Å². The zero-order valence-corrected chi connectivity index (χ0v) is 12.8. The molecule has 1 aromatic carbocycles. The highest BCUT2D eigenvalue weighted by molar-refractivity contribution is 5.75. The van der Waals surface area contributed by atoms with E-state index in [-0.39, 0.29) is 5.91 Å². The molecule has 2 rings (SSSR count). The van der Waals surface area contributed by atoms with Crippen LogP contribution in [0, 0.1) is 0 Å². The molecule has 4 heteroatoms. The first-order valence-corrected chi connectivity index (χ1v) is 7.95. The van der Waals surface area contributed by atoms with Crippen molar-refractivity contribution in [3.05, 3.63) is 23.8 Å². The SMILES string of the molecule is CCCCCNC(=O)CCCc1ccc2c(c1)OCCO2. The molecular weight excluding hydrogens is 266 g/mol. The summed E-state index contributed by atoms with van der Waals surface area (Å²) in [6.45, 7) is 4.19. The lowest BCUT2D eigenvalue weighted by molar-refractivity contribution is -0.121. The van der Waals surface area contributed by atoms with Gasteiger partial charge in [-0.1, -0.05) is 25.8 Å². The van der Waals surface area contributed by atoms with E-state index >= 15 is 0 Å². The minimum Gasteiger partial charge on any atom is -0.486 e. The maximum absolute atomic E-state index is 11.7. The average Bonchev–Trinajstić information content (AvgIpc) is 2.51. The van der Waals surface area contributed by atoms with Gasteiger partial charge in [-0.15, -0.1) is 0 Å². The van der Waals surface area contributed by atoms with Crippen LogP contribution in [0.1, 0.15) is 44.6 Å². The van der Waals surface area contributed by atoms with Gasteiger partial charge < -0.3 is 14.8 Å². The summed E-state index contributed by atoms with van der Waals surface area (Å²) in [7, 11) is 0. The molecule has 0 fully saturated rings. The molecule has 0 unspecified atom stereocenters. The van der Waals surface area contributed by atoms with Crippen LogP contribution in [-0.2, 0) is 11.2 Å². The van der Waals surface area contributed by atoms with Crippen molar-refractivity contribution in [2.75, 3.05) is 19.8 Å². The van der Waals surface area contributed by atoms with Crippen LogP contribution in [0.2, 0.25) is 0 Å². The maximum Gasteiger partial charge on any atom is 0.220 e. The largest absolute Gasteiger partial charge is 0.486 e. The Hall–Kier alpha value is -1.71. The summed E-state index contributed by atoms with van der Waals surface area (Å²) in [6.07, 6.45) is 5.76. The van der Waals surface area contributed by atoms with Gasteiger partial charge in [-0.2, -0.15) is 0 Å². The third-order valence-corrected chi connectivity index (χ3v) is 3.58. The third-order valence-electron chi connectivity index (χ3n) is 3.58. The Kier molecular flexibility index (Phi) is 6.38. The van der Waals surface area contributed by atoms with E-state index in [9.17, 15) is 4.79 Å². The molecule has 116 valence electrons. The molecule has 0 saturated carbocycles. The molecule has 1 heterocycles. The second kappa shape index (κ2) is 8.55.